The van der Waals surface area contributed by atoms with Crippen molar-refractivity contribution in [1.29, 1.82) is 0 Å². The van der Waals surface area contributed by atoms with Gasteiger partial charge in [-0.25, -0.2) is 0 Å². The van der Waals surface area contributed by atoms with Gasteiger partial charge in [-0.05, 0) is 42.7 Å². The topological polar surface area (TPSA) is 49.4 Å². The molecular weight excluding hydrogens is 312 g/mol. The van der Waals surface area contributed by atoms with Gasteiger partial charge in [-0.2, -0.15) is 0 Å². The van der Waals surface area contributed by atoms with Crippen LogP contribution in [0.15, 0.2) is 60.7 Å². The fourth-order valence-electron chi connectivity index (χ4n) is 2.49. The number of carbonyl (C=O) groups excluding carboxylic acids is 2. The molecule has 0 fully saturated rings. The molecule has 4 nitrogen and oxygen atoms in total. The van der Waals surface area contributed by atoms with Gasteiger partial charge in [0, 0.05) is 31.8 Å². The Morgan fingerprint density at radius 1 is 1.04 bits per heavy atom. The number of benzene rings is 2. The van der Waals surface area contributed by atoms with E-state index in [0.29, 0.717) is 13.1 Å². The Balaban J connectivity index is 1.91. The van der Waals surface area contributed by atoms with Crippen LogP contribution in [0.2, 0.25) is 0 Å². The van der Waals surface area contributed by atoms with Gasteiger partial charge in [0.05, 0.1) is 0 Å². The van der Waals surface area contributed by atoms with Crippen molar-refractivity contribution in [2.24, 2.45) is 0 Å². The third kappa shape index (κ3) is 6.26. The highest BCUT2D eigenvalue weighted by Gasteiger charge is 2.08. The lowest BCUT2D eigenvalue weighted by molar-refractivity contribution is -0.125. The van der Waals surface area contributed by atoms with E-state index in [1.54, 1.807) is 12.2 Å². The Morgan fingerprint density at radius 3 is 2.32 bits per heavy atom. The van der Waals surface area contributed by atoms with Crippen LogP contribution in [0.5, 0.6) is 0 Å². The van der Waals surface area contributed by atoms with Crippen molar-refractivity contribution in [3.05, 3.63) is 71.8 Å². The maximum absolute atomic E-state index is 12.4. The Hall–Kier alpha value is -2.88. The molecule has 4 heteroatoms. The second-order valence-electron chi connectivity index (χ2n) is 5.79. The predicted octanol–water partition coefficient (Wildman–Crippen LogP) is 3.75. The van der Waals surface area contributed by atoms with Gasteiger partial charge in [-0.1, -0.05) is 42.5 Å². The number of hydrogen-bond acceptors (Lipinski definition) is 2. The summed E-state index contributed by atoms with van der Waals surface area (Å²) in [7, 11) is 0. The zero-order chi connectivity index (χ0) is 18.1. The zero-order valence-electron chi connectivity index (χ0n) is 14.7. The fraction of sp³-hybridized carbons (Fsp3) is 0.238. The maximum atomic E-state index is 12.4. The number of hydrogen-bond donors (Lipinski definition) is 1. The first-order valence-corrected chi connectivity index (χ1v) is 8.47. The molecule has 0 aliphatic heterocycles. The third-order valence-electron chi connectivity index (χ3n) is 3.86. The lowest BCUT2D eigenvalue weighted by atomic mass is 10.1. The van der Waals surface area contributed by atoms with Gasteiger partial charge in [0.15, 0.2) is 0 Å². The third-order valence-corrected chi connectivity index (χ3v) is 3.86. The van der Waals surface area contributed by atoms with E-state index in [0.717, 1.165) is 17.7 Å². The summed E-state index contributed by atoms with van der Waals surface area (Å²) in [6.07, 6.45) is 4.24. The van der Waals surface area contributed by atoms with Crippen LogP contribution in [0.1, 0.15) is 25.0 Å². The van der Waals surface area contributed by atoms with Gasteiger partial charge in [0.25, 0.3) is 0 Å². The molecule has 0 aliphatic rings. The molecule has 0 heterocycles. The molecular formula is C21H24N2O2. The molecule has 0 bridgehead atoms. The van der Waals surface area contributed by atoms with Crippen LogP contribution in [0.25, 0.3) is 6.08 Å². The number of rotatable bonds is 7. The van der Waals surface area contributed by atoms with Gasteiger partial charge < -0.3 is 10.2 Å². The number of nitrogens with zero attached hydrogens (tertiary/aromatic N) is 1. The summed E-state index contributed by atoms with van der Waals surface area (Å²) in [4.78, 5) is 25.2. The highest BCUT2D eigenvalue weighted by molar-refractivity contribution is 5.92. The van der Waals surface area contributed by atoms with Crippen LogP contribution < -0.4 is 5.32 Å². The minimum absolute atomic E-state index is 0.00405. The monoisotopic (exact) mass is 336 g/mol. The van der Waals surface area contributed by atoms with Crippen molar-refractivity contribution in [3.63, 3.8) is 0 Å². The number of likely N-dealkylation sites (N-methyl/N-ethyl adjacent to an activating group) is 1. The van der Waals surface area contributed by atoms with Crippen LogP contribution in [0.4, 0.5) is 5.69 Å². The highest BCUT2D eigenvalue weighted by Crippen LogP contribution is 2.11. The molecule has 2 aromatic rings. The largest absolute Gasteiger partial charge is 0.339 e. The molecule has 0 spiro atoms. The SMILES string of the molecule is CCN(CCc1ccccc1)C(=O)/C=C/c1ccc(NC(C)=O)cc1. The highest BCUT2D eigenvalue weighted by atomic mass is 16.2. The van der Waals surface area contributed by atoms with Gasteiger partial charge in [0.2, 0.25) is 11.8 Å². The van der Waals surface area contributed by atoms with E-state index >= 15 is 0 Å². The lowest BCUT2D eigenvalue weighted by Crippen LogP contribution is -2.31. The first-order chi connectivity index (χ1) is 12.1. The summed E-state index contributed by atoms with van der Waals surface area (Å²) in [6.45, 7) is 4.84. The Bertz CT molecular complexity index is 721. The Labute approximate surface area is 149 Å². The minimum Gasteiger partial charge on any atom is -0.339 e. The molecule has 0 saturated heterocycles. The van der Waals surface area contributed by atoms with E-state index in [-0.39, 0.29) is 11.8 Å². The molecule has 0 aliphatic carbocycles. The molecule has 2 amide bonds. The first-order valence-electron chi connectivity index (χ1n) is 8.47. The number of anilines is 1. The summed E-state index contributed by atoms with van der Waals surface area (Å²) >= 11 is 0. The summed E-state index contributed by atoms with van der Waals surface area (Å²) in [5.41, 5.74) is 2.89. The van der Waals surface area contributed by atoms with Crippen molar-refractivity contribution < 1.29 is 9.59 Å². The Morgan fingerprint density at radius 2 is 1.72 bits per heavy atom. The lowest BCUT2D eigenvalue weighted by Gasteiger charge is -2.19. The molecule has 1 N–H and O–H groups in total. The van der Waals surface area contributed by atoms with Crippen molar-refractivity contribution in [2.75, 3.05) is 18.4 Å². The summed E-state index contributed by atoms with van der Waals surface area (Å²) < 4.78 is 0. The minimum atomic E-state index is -0.101. The molecule has 0 atom stereocenters. The zero-order valence-corrected chi connectivity index (χ0v) is 14.7. The van der Waals surface area contributed by atoms with Crippen molar-refractivity contribution in [1.82, 2.24) is 4.90 Å². The van der Waals surface area contributed by atoms with Gasteiger partial charge in [-0.15, -0.1) is 0 Å². The summed E-state index contributed by atoms with van der Waals surface area (Å²) in [5.74, 6) is -0.0974. The van der Waals surface area contributed by atoms with Gasteiger partial charge in [0.1, 0.15) is 0 Å². The fourth-order valence-corrected chi connectivity index (χ4v) is 2.49. The predicted molar refractivity (Wildman–Crippen MR) is 102 cm³/mol. The molecule has 2 rings (SSSR count). The molecule has 2 aromatic carbocycles. The Kier molecular flexibility index (Phi) is 6.96. The number of amides is 2. The van der Waals surface area contributed by atoms with Crippen molar-refractivity contribution in [3.8, 4) is 0 Å². The summed E-state index contributed by atoms with van der Waals surface area (Å²) in [6, 6.07) is 17.5. The van der Waals surface area contributed by atoms with E-state index in [9.17, 15) is 9.59 Å². The first kappa shape index (κ1) is 18.5. The summed E-state index contributed by atoms with van der Waals surface area (Å²) in [5, 5.41) is 2.72. The van der Waals surface area contributed by atoms with Gasteiger partial charge >= 0.3 is 0 Å². The second-order valence-corrected chi connectivity index (χ2v) is 5.79. The number of carbonyl (C=O) groups is 2. The van der Waals surface area contributed by atoms with E-state index in [1.807, 2.05) is 54.3 Å². The molecule has 0 aromatic heterocycles. The van der Waals surface area contributed by atoms with Crippen LogP contribution in [-0.2, 0) is 16.0 Å². The molecule has 130 valence electrons. The second kappa shape index (κ2) is 9.42. The molecule has 0 radical (unpaired) electrons. The normalized spacial score (nSPS) is 10.6. The van der Waals surface area contributed by atoms with Crippen molar-refractivity contribution >= 4 is 23.6 Å². The van der Waals surface area contributed by atoms with Crippen LogP contribution in [0.3, 0.4) is 0 Å². The van der Waals surface area contributed by atoms with Gasteiger partial charge in [-0.3, -0.25) is 9.59 Å². The van der Waals surface area contributed by atoms with E-state index < -0.39 is 0 Å². The quantitative estimate of drug-likeness (QED) is 0.783. The van der Waals surface area contributed by atoms with E-state index in [4.69, 9.17) is 0 Å². The van der Waals surface area contributed by atoms with Crippen LogP contribution in [0, 0.1) is 0 Å². The maximum Gasteiger partial charge on any atom is 0.246 e. The van der Waals surface area contributed by atoms with E-state index in [2.05, 4.69) is 17.4 Å². The molecule has 25 heavy (non-hydrogen) atoms. The standard InChI is InChI=1S/C21H24N2O2/c1-3-23(16-15-18-7-5-4-6-8-18)21(25)14-11-19-9-12-20(13-10-19)22-17(2)24/h4-14H,3,15-16H2,1-2H3,(H,22,24)/b14-11+. The number of nitrogens with one attached hydrogen (secondary N) is 1. The average Bonchev–Trinajstić information content (AvgIpc) is 2.62. The average molecular weight is 336 g/mol. The smallest absolute Gasteiger partial charge is 0.246 e. The van der Waals surface area contributed by atoms with Crippen LogP contribution in [-0.4, -0.2) is 29.8 Å². The molecule has 0 unspecified atom stereocenters. The van der Waals surface area contributed by atoms with E-state index in [1.165, 1.54) is 12.5 Å². The van der Waals surface area contributed by atoms with Crippen LogP contribution >= 0.6 is 0 Å². The molecule has 0 saturated carbocycles. The van der Waals surface area contributed by atoms with Crippen molar-refractivity contribution in [2.45, 2.75) is 20.3 Å².